The number of hydrogen-bond donors (Lipinski definition) is 2. The Bertz CT molecular complexity index is 380. The zero-order valence-electron chi connectivity index (χ0n) is 8.29. The van der Waals surface area contributed by atoms with Crippen LogP contribution in [0.2, 0.25) is 0 Å². The van der Waals surface area contributed by atoms with E-state index in [0.717, 1.165) is 19.2 Å². The Kier molecular flexibility index (Phi) is 3.20. The van der Waals surface area contributed by atoms with Crippen molar-refractivity contribution >= 4 is 0 Å². The smallest absolute Gasteiger partial charge is 0.375 e. The van der Waals surface area contributed by atoms with Gasteiger partial charge in [0.2, 0.25) is 5.60 Å². The van der Waals surface area contributed by atoms with Crippen molar-refractivity contribution in [1.29, 1.82) is 0 Å². The molecule has 3 nitrogen and oxygen atoms in total. The van der Waals surface area contributed by atoms with E-state index in [1.807, 2.05) is 0 Å². The minimum Gasteiger partial charge on any atom is -0.375 e. The standard InChI is InChI=1S/C9H10F4N2O/c1-5(14)8(16,9(11,12)13)6-2-3-15-4-7(6)10/h2-5,16H,14H2,1H3. The third kappa shape index (κ3) is 1.88. The Morgan fingerprint density at radius 2 is 2.00 bits per heavy atom. The minimum absolute atomic E-state index is 0.592. The minimum atomic E-state index is -5.07. The molecule has 1 rings (SSSR count). The van der Waals surface area contributed by atoms with Crippen LogP contribution in [0, 0.1) is 5.82 Å². The summed E-state index contributed by atoms with van der Waals surface area (Å²) in [6.07, 6.45) is -3.52. The van der Waals surface area contributed by atoms with Crippen LogP contribution >= 0.6 is 0 Å². The van der Waals surface area contributed by atoms with Gasteiger partial charge in [-0.15, -0.1) is 0 Å². The number of rotatable bonds is 2. The first-order chi connectivity index (χ1) is 7.21. The SMILES string of the molecule is CC(N)C(O)(c1ccncc1F)C(F)(F)F. The molecule has 3 N–H and O–H groups in total. The fraction of sp³-hybridized carbons (Fsp3) is 0.444. The first kappa shape index (κ1) is 12.9. The van der Waals surface area contributed by atoms with Gasteiger partial charge in [0.15, 0.2) is 0 Å². The molecule has 0 amide bonds. The Morgan fingerprint density at radius 3 is 2.38 bits per heavy atom. The molecule has 0 aliphatic rings. The molecule has 2 atom stereocenters. The lowest BCUT2D eigenvalue weighted by Crippen LogP contribution is -2.54. The molecule has 2 unspecified atom stereocenters. The van der Waals surface area contributed by atoms with Gasteiger partial charge in [0.05, 0.1) is 6.20 Å². The monoisotopic (exact) mass is 238 g/mol. The Labute approximate surface area is 88.9 Å². The molecule has 90 valence electrons. The highest BCUT2D eigenvalue weighted by Crippen LogP contribution is 2.41. The van der Waals surface area contributed by atoms with E-state index in [1.54, 1.807) is 0 Å². The topological polar surface area (TPSA) is 59.1 Å². The molecule has 1 aromatic heterocycles. The maximum Gasteiger partial charge on any atom is 0.423 e. The molecule has 0 radical (unpaired) electrons. The highest BCUT2D eigenvalue weighted by atomic mass is 19.4. The molecule has 0 aliphatic heterocycles. The van der Waals surface area contributed by atoms with Gasteiger partial charge < -0.3 is 10.8 Å². The Morgan fingerprint density at radius 1 is 1.44 bits per heavy atom. The van der Waals surface area contributed by atoms with E-state index in [9.17, 15) is 22.7 Å². The zero-order chi connectivity index (χ0) is 12.6. The fourth-order valence-electron chi connectivity index (χ4n) is 1.34. The molecule has 0 fully saturated rings. The second kappa shape index (κ2) is 3.99. The van der Waals surface area contributed by atoms with Crippen LogP contribution < -0.4 is 5.73 Å². The predicted octanol–water partition coefficient (Wildman–Crippen LogP) is 1.32. The predicted molar refractivity (Wildman–Crippen MR) is 47.8 cm³/mol. The second-order valence-corrected chi connectivity index (χ2v) is 3.41. The number of hydrogen-bond acceptors (Lipinski definition) is 3. The summed E-state index contributed by atoms with van der Waals surface area (Å²) < 4.78 is 51.3. The van der Waals surface area contributed by atoms with Crippen molar-refractivity contribution in [2.45, 2.75) is 24.7 Å². The maximum atomic E-state index is 13.2. The highest BCUT2D eigenvalue weighted by molar-refractivity contribution is 5.25. The van der Waals surface area contributed by atoms with Gasteiger partial charge in [0.1, 0.15) is 5.82 Å². The normalized spacial score (nSPS) is 17.9. The Hall–Kier alpha value is -1.21. The van der Waals surface area contributed by atoms with Gasteiger partial charge in [-0.05, 0) is 13.0 Å². The lowest BCUT2D eigenvalue weighted by Gasteiger charge is -2.34. The third-order valence-electron chi connectivity index (χ3n) is 2.27. The van der Waals surface area contributed by atoms with Crippen molar-refractivity contribution in [2.75, 3.05) is 0 Å². The quantitative estimate of drug-likeness (QED) is 0.764. The summed E-state index contributed by atoms with van der Waals surface area (Å²) in [6, 6.07) is -0.948. The van der Waals surface area contributed by atoms with Crippen LogP contribution in [0.4, 0.5) is 17.6 Å². The molecule has 0 saturated heterocycles. The van der Waals surface area contributed by atoms with Gasteiger partial charge >= 0.3 is 6.18 Å². The molecule has 0 saturated carbocycles. The average Bonchev–Trinajstić information content (AvgIpc) is 2.15. The van der Waals surface area contributed by atoms with Gasteiger partial charge in [-0.1, -0.05) is 0 Å². The fourth-order valence-corrected chi connectivity index (χ4v) is 1.34. The molecule has 0 aromatic carbocycles. The van der Waals surface area contributed by atoms with Crippen LogP contribution in [-0.4, -0.2) is 22.3 Å². The summed E-state index contributed by atoms with van der Waals surface area (Å²) in [5.41, 5.74) is 0.758. The van der Waals surface area contributed by atoms with Crippen molar-refractivity contribution in [3.05, 3.63) is 29.8 Å². The first-order valence-corrected chi connectivity index (χ1v) is 4.36. The van der Waals surface area contributed by atoms with Crippen LogP contribution in [0.25, 0.3) is 0 Å². The van der Waals surface area contributed by atoms with Gasteiger partial charge in [-0.2, -0.15) is 13.2 Å². The van der Waals surface area contributed by atoms with Crippen molar-refractivity contribution in [2.24, 2.45) is 5.73 Å². The van der Waals surface area contributed by atoms with Crippen LogP contribution in [0.15, 0.2) is 18.5 Å². The number of nitrogens with two attached hydrogens (primary N) is 1. The molecule has 0 aliphatic carbocycles. The summed E-state index contributed by atoms with van der Waals surface area (Å²) in [5, 5.41) is 9.56. The van der Waals surface area contributed by atoms with Crippen molar-refractivity contribution < 1.29 is 22.7 Å². The number of aromatic nitrogens is 1. The van der Waals surface area contributed by atoms with Gasteiger partial charge in [-0.3, -0.25) is 4.98 Å². The van der Waals surface area contributed by atoms with E-state index >= 15 is 0 Å². The van der Waals surface area contributed by atoms with E-state index in [4.69, 9.17) is 5.73 Å². The molecule has 1 heterocycles. The maximum absolute atomic E-state index is 13.2. The van der Waals surface area contributed by atoms with Gasteiger partial charge in [-0.25, -0.2) is 4.39 Å². The van der Waals surface area contributed by atoms with Crippen LogP contribution in [0.3, 0.4) is 0 Å². The Balaban J connectivity index is 3.40. The summed E-state index contributed by atoms with van der Waals surface area (Å²) in [4.78, 5) is 3.31. The summed E-state index contributed by atoms with van der Waals surface area (Å²) in [5.74, 6) is -1.25. The molecular formula is C9H10F4N2O. The molecule has 0 bridgehead atoms. The second-order valence-electron chi connectivity index (χ2n) is 3.41. The van der Waals surface area contributed by atoms with E-state index in [0.29, 0.717) is 6.20 Å². The number of pyridine rings is 1. The molecule has 1 aromatic rings. The number of halogens is 4. The largest absolute Gasteiger partial charge is 0.423 e. The third-order valence-corrected chi connectivity index (χ3v) is 2.27. The van der Waals surface area contributed by atoms with Crippen molar-refractivity contribution in [3.63, 3.8) is 0 Å². The number of nitrogens with zero attached hydrogens (tertiary/aromatic N) is 1. The molecule has 16 heavy (non-hydrogen) atoms. The lowest BCUT2D eigenvalue weighted by molar-refractivity contribution is -0.273. The van der Waals surface area contributed by atoms with Gasteiger partial charge in [0.25, 0.3) is 0 Å². The summed E-state index contributed by atoms with van der Waals surface area (Å²) in [7, 11) is 0. The molecule has 0 spiro atoms. The van der Waals surface area contributed by atoms with Crippen molar-refractivity contribution in [3.8, 4) is 0 Å². The summed E-state index contributed by atoms with van der Waals surface area (Å²) in [6.45, 7) is 0.952. The van der Waals surface area contributed by atoms with Crippen molar-refractivity contribution in [1.82, 2.24) is 4.98 Å². The zero-order valence-corrected chi connectivity index (χ0v) is 8.29. The average molecular weight is 238 g/mol. The van der Waals surface area contributed by atoms with E-state index in [-0.39, 0.29) is 0 Å². The highest BCUT2D eigenvalue weighted by Gasteiger charge is 2.58. The van der Waals surface area contributed by atoms with Crippen LogP contribution in [0.5, 0.6) is 0 Å². The van der Waals surface area contributed by atoms with Gasteiger partial charge in [0, 0.05) is 17.8 Å². The summed E-state index contributed by atoms with van der Waals surface area (Å²) >= 11 is 0. The molecule has 7 heteroatoms. The number of aliphatic hydroxyl groups is 1. The van der Waals surface area contributed by atoms with Crippen LogP contribution in [0.1, 0.15) is 12.5 Å². The van der Waals surface area contributed by atoms with Crippen LogP contribution in [-0.2, 0) is 5.60 Å². The van der Waals surface area contributed by atoms with E-state index < -0.39 is 29.2 Å². The molecular weight excluding hydrogens is 228 g/mol. The van der Waals surface area contributed by atoms with E-state index in [2.05, 4.69) is 4.98 Å². The number of alkyl halides is 3. The first-order valence-electron chi connectivity index (χ1n) is 4.36. The lowest BCUT2D eigenvalue weighted by atomic mass is 9.87. The van der Waals surface area contributed by atoms with E-state index in [1.165, 1.54) is 0 Å².